The van der Waals surface area contributed by atoms with Gasteiger partial charge in [-0.3, -0.25) is 4.79 Å². The Balaban J connectivity index is 1.93. The Labute approximate surface area is 130 Å². The Morgan fingerprint density at radius 1 is 0.773 bits per heavy atom. The van der Waals surface area contributed by atoms with Crippen molar-refractivity contribution in [3.05, 3.63) is 89.5 Å². The molecule has 0 amide bonds. The predicted molar refractivity (Wildman–Crippen MR) is 90.9 cm³/mol. The maximum atomic E-state index is 12.6. The van der Waals surface area contributed by atoms with Gasteiger partial charge in [0.25, 0.3) is 0 Å². The van der Waals surface area contributed by atoms with Crippen LogP contribution >= 0.6 is 0 Å². The fraction of sp³-hybridized carbons (Fsp3) is 0.0500. The summed E-state index contributed by atoms with van der Waals surface area (Å²) >= 11 is 0. The van der Waals surface area contributed by atoms with Crippen LogP contribution in [0.2, 0.25) is 0 Å². The molecule has 0 bridgehead atoms. The number of carbonyl (C=O) groups excluding carboxylic acids is 1. The molecular formula is C20H17NO. The normalized spacial score (nSPS) is 10.4. The molecule has 0 spiro atoms. The van der Waals surface area contributed by atoms with Gasteiger partial charge in [-0.2, -0.15) is 0 Å². The lowest BCUT2D eigenvalue weighted by molar-refractivity contribution is 0.103. The van der Waals surface area contributed by atoms with E-state index in [-0.39, 0.29) is 5.78 Å². The zero-order valence-electron chi connectivity index (χ0n) is 12.4. The van der Waals surface area contributed by atoms with Crippen molar-refractivity contribution in [2.75, 3.05) is 5.73 Å². The number of ketones is 1. The van der Waals surface area contributed by atoms with Gasteiger partial charge in [-0.05, 0) is 29.7 Å². The molecule has 22 heavy (non-hydrogen) atoms. The number of rotatable bonds is 3. The molecule has 0 unspecified atom stereocenters. The van der Waals surface area contributed by atoms with E-state index in [0.717, 1.165) is 16.7 Å². The number of hydrogen-bond donors (Lipinski definition) is 1. The van der Waals surface area contributed by atoms with Gasteiger partial charge in [-0.25, -0.2) is 0 Å². The van der Waals surface area contributed by atoms with E-state index in [1.165, 1.54) is 0 Å². The van der Waals surface area contributed by atoms with Gasteiger partial charge in [-0.15, -0.1) is 0 Å². The Hall–Kier alpha value is -2.87. The third kappa shape index (κ3) is 2.63. The highest BCUT2D eigenvalue weighted by atomic mass is 16.1. The SMILES string of the molecule is Cc1c(N)cccc1C(=O)c1ccc(-c2ccccc2)cc1. The van der Waals surface area contributed by atoms with E-state index in [1.54, 1.807) is 0 Å². The average molecular weight is 287 g/mol. The zero-order chi connectivity index (χ0) is 15.5. The van der Waals surface area contributed by atoms with Crippen molar-refractivity contribution in [3.8, 4) is 11.1 Å². The summed E-state index contributed by atoms with van der Waals surface area (Å²) in [5.41, 5.74) is 10.9. The largest absolute Gasteiger partial charge is 0.398 e. The van der Waals surface area contributed by atoms with Gasteiger partial charge < -0.3 is 5.73 Å². The third-order valence-corrected chi connectivity index (χ3v) is 3.87. The highest BCUT2D eigenvalue weighted by Crippen LogP contribution is 2.22. The van der Waals surface area contributed by atoms with E-state index < -0.39 is 0 Å². The molecule has 0 heterocycles. The van der Waals surface area contributed by atoms with E-state index in [2.05, 4.69) is 12.1 Å². The van der Waals surface area contributed by atoms with E-state index in [9.17, 15) is 4.79 Å². The number of benzene rings is 3. The summed E-state index contributed by atoms with van der Waals surface area (Å²) in [5, 5.41) is 0. The van der Waals surface area contributed by atoms with E-state index >= 15 is 0 Å². The van der Waals surface area contributed by atoms with Gasteiger partial charge in [0.15, 0.2) is 5.78 Å². The third-order valence-electron chi connectivity index (χ3n) is 3.87. The minimum Gasteiger partial charge on any atom is -0.398 e. The number of nitrogen functional groups attached to an aromatic ring is 1. The topological polar surface area (TPSA) is 43.1 Å². The number of nitrogens with two attached hydrogens (primary N) is 1. The summed E-state index contributed by atoms with van der Waals surface area (Å²) in [6.45, 7) is 1.88. The van der Waals surface area contributed by atoms with Gasteiger partial charge >= 0.3 is 0 Å². The van der Waals surface area contributed by atoms with Crippen molar-refractivity contribution >= 4 is 11.5 Å². The molecule has 0 aliphatic heterocycles. The second kappa shape index (κ2) is 5.86. The molecule has 0 radical (unpaired) electrons. The zero-order valence-corrected chi connectivity index (χ0v) is 12.4. The number of hydrogen-bond acceptors (Lipinski definition) is 2. The summed E-state index contributed by atoms with van der Waals surface area (Å²) in [7, 11) is 0. The molecule has 0 saturated carbocycles. The molecule has 0 aliphatic rings. The second-order valence-electron chi connectivity index (χ2n) is 5.29. The fourth-order valence-corrected chi connectivity index (χ4v) is 2.50. The fourth-order valence-electron chi connectivity index (χ4n) is 2.50. The first-order valence-electron chi connectivity index (χ1n) is 7.22. The van der Waals surface area contributed by atoms with Gasteiger partial charge in [0.1, 0.15) is 0 Å². The van der Waals surface area contributed by atoms with Crippen molar-refractivity contribution in [1.29, 1.82) is 0 Å². The maximum absolute atomic E-state index is 12.6. The summed E-state index contributed by atoms with van der Waals surface area (Å²) < 4.78 is 0. The van der Waals surface area contributed by atoms with Crippen LogP contribution in [-0.4, -0.2) is 5.78 Å². The monoisotopic (exact) mass is 287 g/mol. The predicted octanol–water partition coefficient (Wildman–Crippen LogP) is 4.48. The molecule has 3 rings (SSSR count). The Morgan fingerprint density at radius 3 is 2.09 bits per heavy atom. The lowest BCUT2D eigenvalue weighted by atomic mass is 9.96. The van der Waals surface area contributed by atoms with E-state index in [0.29, 0.717) is 16.8 Å². The molecule has 3 aromatic carbocycles. The molecule has 3 aromatic rings. The summed E-state index contributed by atoms with van der Waals surface area (Å²) in [6, 6.07) is 23.2. The van der Waals surface area contributed by atoms with Crippen LogP contribution in [0.25, 0.3) is 11.1 Å². The van der Waals surface area contributed by atoms with Crippen LogP contribution in [-0.2, 0) is 0 Å². The Bertz CT molecular complexity index is 805. The maximum Gasteiger partial charge on any atom is 0.193 e. The molecule has 2 nitrogen and oxygen atoms in total. The quantitative estimate of drug-likeness (QED) is 0.570. The highest BCUT2D eigenvalue weighted by molar-refractivity contribution is 6.10. The van der Waals surface area contributed by atoms with Gasteiger partial charge in [0.2, 0.25) is 0 Å². The summed E-state index contributed by atoms with van der Waals surface area (Å²) in [5.74, 6) is 0.00408. The first-order chi connectivity index (χ1) is 10.7. The van der Waals surface area contributed by atoms with Crippen LogP contribution in [0.4, 0.5) is 5.69 Å². The van der Waals surface area contributed by atoms with Gasteiger partial charge in [-0.1, -0.05) is 66.7 Å². The summed E-state index contributed by atoms with van der Waals surface area (Å²) in [4.78, 5) is 12.6. The van der Waals surface area contributed by atoms with E-state index in [1.807, 2.05) is 67.6 Å². The first kappa shape index (κ1) is 14.1. The van der Waals surface area contributed by atoms with Crippen LogP contribution in [0.15, 0.2) is 72.8 Å². The van der Waals surface area contributed by atoms with Crippen LogP contribution in [0.3, 0.4) is 0 Å². The molecule has 0 aliphatic carbocycles. The first-order valence-corrected chi connectivity index (χ1v) is 7.22. The molecule has 0 aromatic heterocycles. The van der Waals surface area contributed by atoms with Crippen molar-refractivity contribution in [3.63, 3.8) is 0 Å². The van der Waals surface area contributed by atoms with Crippen LogP contribution in [0, 0.1) is 6.92 Å². The molecule has 0 fully saturated rings. The molecule has 108 valence electrons. The minimum absolute atomic E-state index is 0.00408. The molecular weight excluding hydrogens is 270 g/mol. The Kier molecular flexibility index (Phi) is 3.75. The molecule has 0 atom stereocenters. The van der Waals surface area contributed by atoms with Gasteiger partial charge in [0.05, 0.1) is 0 Å². The second-order valence-corrected chi connectivity index (χ2v) is 5.29. The highest BCUT2D eigenvalue weighted by Gasteiger charge is 2.13. The average Bonchev–Trinajstić information content (AvgIpc) is 2.58. The molecule has 0 saturated heterocycles. The standard InChI is InChI=1S/C20H17NO/c1-14-18(8-5-9-19(14)21)20(22)17-12-10-16(11-13-17)15-6-3-2-4-7-15/h2-13H,21H2,1H3. The lowest BCUT2D eigenvalue weighted by Gasteiger charge is -2.08. The van der Waals surface area contributed by atoms with Crippen molar-refractivity contribution in [2.24, 2.45) is 0 Å². The van der Waals surface area contributed by atoms with Crippen LogP contribution in [0.5, 0.6) is 0 Å². The summed E-state index contributed by atoms with van der Waals surface area (Å²) in [6.07, 6.45) is 0. The van der Waals surface area contributed by atoms with Gasteiger partial charge in [0, 0.05) is 16.8 Å². The number of anilines is 1. The molecule has 2 heteroatoms. The molecule has 2 N–H and O–H groups in total. The van der Waals surface area contributed by atoms with Crippen molar-refractivity contribution in [1.82, 2.24) is 0 Å². The lowest BCUT2D eigenvalue weighted by Crippen LogP contribution is -2.05. The van der Waals surface area contributed by atoms with Crippen molar-refractivity contribution < 1.29 is 4.79 Å². The Morgan fingerprint density at radius 2 is 1.41 bits per heavy atom. The van der Waals surface area contributed by atoms with Crippen molar-refractivity contribution in [2.45, 2.75) is 6.92 Å². The number of carbonyl (C=O) groups is 1. The van der Waals surface area contributed by atoms with Crippen LogP contribution < -0.4 is 5.73 Å². The van der Waals surface area contributed by atoms with E-state index in [4.69, 9.17) is 5.73 Å². The smallest absolute Gasteiger partial charge is 0.193 e. The minimum atomic E-state index is 0.00408. The van der Waals surface area contributed by atoms with Crippen LogP contribution in [0.1, 0.15) is 21.5 Å².